The maximum absolute atomic E-state index is 11.3. The van der Waals surface area contributed by atoms with Crippen LogP contribution in [-0.4, -0.2) is 47.3 Å². The molecule has 1 saturated heterocycles. The number of benzene rings is 1. The Morgan fingerprint density at radius 1 is 1.14 bits per heavy atom. The number of anilines is 1. The maximum Gasteiger partial charge on any atom is 0.354 e. The highest BCUT2D eigenvalue weighted by Crippen LogP contribution is 2.21. The lowest BCUT2D eigenvalue weighted by atomic mass is 10.2. The zero-order valence-corrected chi connectivity index (χ0v) is 11.4. The number of carboxylic acid groups (broad SMARTS) is 1. The largest absolute Gasteiger partial charge is 0.477 e. The van der Waals surface area contributed by atoms with E-state index in [1.165, 1.54) is 6.07 Å². The summed E-state index contributed by atoms with van der Waals surface area (Å²) in [6, 6.07) is 10.9. The molecule has 1 fully saturated rings. The molecule has 0 bridgehead atoms. The number of hydrogen-bond acceptors (Lipinski definition) is 5. The summed E-state index contributed by atoms with van der Waals surface area (Å²) in [4.78, 5) is 21.9. The normalized spacial score (nSPS) is 15.0. The molecule has 3 rings (SSSR count). The Bertz CT molecular complexity index is 640. The van der Waals surface area contributed by atoms with E-state index < -0.39 is 5.97 Å². The van der Waals surface area contributed by atoms with E-state index in [-0.39, 0.29) is 5.69 Å². The third kappa shape index (κ3) is 3.00. The van der Waals surface area contributed by atoms with Crippen LogP contribution in [-0.2, 0) is 4.74 Å². The predicted octanol–water partition coefficient (Wildman–Crippen LogP) is 1.68. The van der Waals surface area contributed by atoms with E-state index in [9.17, 15) is 9.90 Å². The highest BCUT2D eigenvalue weighted by atomic mass is 16.5. The molecule has 2 aromatic rings. The van der Waals surface area contributed by atoms with E-state index in [0.29, 0.717) is 37.9 Å². The fourth-order valence-corrected chi connectivity index (χ4v) is 2.21. The van der Waals surface area contributed by atoms with Gasteiger partial charge in [0.2, 0.25) is 0 Å². The first-order chi connectivity index (χ1) is 10.2. The van der Waals surface area contributed by atoms with Gasteiger partial charge in [-0.15, -0.1) is 0 Å². The highest BCUT2D eigenvalue weighted by molar-refractivity contribution is 5.87. The summed E-state index contributed by atoms with van der Waals surface area (Å²) in [5.41, 5.74) is 0.806. The fraction of sp³-hybridized carbons (Fsp3) is 0.267. The van der Waals surface area contributed by atoms with Gasteiger partial charge in [0.1, 0.15) is 5.82 Å². The van der Waals surface area contributed by atoms with Gasteiger partial charge in [-0.25, -0.2) is 14.8 Å². The van der Waals surface area contributed by atoms with Gasteiger partial charge in [-0.2, -0.15) is 0 Å². The Kier molecular flexibility index (Phi) is 3.79. The van der Waals surface area contributed by atoms with Crippen molar-refractivity contribution in [3.63, 3.8) is 0 Å². The smallest absolute Gasteiger partial charge is 0.354 e. The summed E-state index contributed by atoms with van der Waals surface area (Å²) < 4.78 is 5.31. The van der Waals surface area contributed by atoms with Crippen molar-refractivity contribution in [3.8, 4) is 11.4 Å². The van der Waals surface area contributed by atoms with Crippen molar-refractivity contribution in [3.05, 3.63) is 42.1 Å². The summed E-state index contributed by atoms with van der Waals surface area (Å²) in [6.07, 6.45) is 0. The molecule has 0 amide bonds. The first kappa shape index (κ1) is 13.5. The lowest BCUT2D eigenvalue weighted by Gasteiger charge is -2.28. The van der Waals surface area contributed by atoms with Crippen LogP contribution in [0.4, 0.5) is 5.82 Å². The SMILES string of the molecule is O=C(O)c1cc(N2CCOCC2)nc(-c2ccccc2)n1. The number of aromatic carboxylic acids is 1. The van der Waals surface area contributed by atoms with Crippen molar-refractivity contribution < 1.29 is 14.6 Å². The third-order valence-electron chi connectivity index (χ3n) is 3.30. The number of ether oxygens (including phenoxy) is 1. The van der Waals surface area contributed by atoms with Crippen molar-refractivity contribution >= 4 is 11.8 Å². The van der Waals surface area contributed by atoms with Crippen molar-refractivity contribution in [1.82, 2.24) is 9.97 Å². The van der Waals surface area contributed by atoms with E-state index >= 15 is 0 Å². The Labute approximate surface area is 122 Å². The molecule has 0 saturated carbocycles. The van der Waals surface area contributed by atoms with Crippen LogP contribution in [0.25, 0.3) is 11.4 Å². The van der Waals surface area contributed by atoms with Gasteiger partial charge >= 0.3 is 5.97 Å². The van der Waals surface area contributed by atoms with Crippen LogP contribution in [0, 0.1) is 0 Å². The number of carbonyl (C=O) groups is 1. The molecule has 6 heteroatoms. The molecule has 1 aliphatic heterocycles. The van der Waals surface area contributed by atoms with E-state index in [1.54, 1.807) is 0 Å². The van der Waals surface area contributed by atoms with Crippen LogP contribution in [0.2, 0.25) is 0 Å². The molecule has 0 unspecified atom stereocenters. The van der Waals surface area contributed by atoms with Gasteiger partial charge in [-0.1, -0.05) is 30.3 Å². The molecule has 1 aliphatic rings. The minimum absolute atomic E-state index is 0.00495. The van der Waals surface area contributed by atoms with E-state index in [1.807, 2.05) is 35.2 Å². The molecule has 6 nitrogen and oxygen atoms in total. The van der Waals surface area contributed by atoms with Gasteiger partial charge in [0.25, 0.3) is 0 Å². The van der Waals surface area contributed by atoms with Gasteiger partial charge in [-0.3, -0.25) is 0 Å². The van der Waals surface area contributed by atoms with Crippen LogP contribution in [0.15, 0.2) is 36.4 Å². The number of aromatic nitrogens is 2. The van der Waals surface area contributed by atoms with Crippen molar-refractivity contribution in [2.75, 3.05) is 31.2 Å². The van der Waals surface area contributed by atoms with Gasteiger partial charge in [0.05, 0.1) is 13.2 Å². The molecule has 0 spiro atoms. The first-order valence-corrected chi connectivity index (χ1v) is 6.74. The quantitative estimate of drug-likeness (QED) is 0.924. The van der Waals surface area contributed by atoms with Crippen LogP contribution < -0.4 is 4.90 Å². The molecule has 21 heavy (non-hydrogen) atoms. The highest BCUT2D eigenvalue weighted by Gasteiger charge is 2.17. The van der Waals surface area contributed by atoms with Gasteiger partial charge < -0.3 is 14.7 Å². The number of carboxylic acids is 1. The zero-order valence-electron chi connectivity index (χ0n) is 11.4. The Hall–Kier alpha value is -2.47. The number of morpholine rings is 1. The Balaban J connectivity index is 2.03. The fourth-order valence-electron chi connectivity index (χ4n) is 2.21. The van der Waals surface area contributed by atoms with Crippen LogP contribution in [0.3, 0.4) is 0 Å². The zero-order chi connectivity index (χ0) is 14.7. The predicted molar refractivity (Wildman–Crippen MR) is 77.5 cm³/mol. The average Bonchev–Trinajstić information content (AvgIpc) is 2.56. The summed E-state index contributed by atoms with van der Waals surface area (Å²) in [7, 11) is 0. The minimum atomic E-state index is -1.05. The Morgan fingerprint density at radius 3 is 2.52 bits per heavy atom. The maximum atomic E-state index is 11.3. The van der Waals surface area contributed by atoms with Crippen LogP contribution in [0.5, 0.6) is 0 Å². The standard InChI is InChI=1S/C15H15N3O3/c19-15(20)12-10-13(18-6-8-21-9-7-18)17-14(16-12)11-4-2-1-3-5-11/h1-5,10H,6-9H2,(H,19,20). The van der Waals surface area contributed by atoms with E-state index in [0.717, 1.165) is 5.56 Å². The monoisotopic (exact) mass is 285 g/mol. The second-order valence-corrected chi connectivity index (χ2v) is 4.71. The van der Waals surface area contributed by atoms with E-state index in [4.69, 9.17) is 4.74 Å². The number of rotatable bonds is 3. The van der Waals surface area contributed by atoms with Crippen LogP contribution in [0.1, 0.15) is 10.5 Å². The van der Waals surface area contributed by atoms with Crippen molar-refractivity contribution in [2.24, 2.45) is 0 Å². The Morgan fingerprint density at radius 2 is 1.86 bits per heavy atom. The van der Waals surface area contributed by atoms with Gasteiger partial charge in [0.15, 0.2) is 11.5 Å². The van der Waals surface area contributed by atoms with Gasteiger partial charge in [-0.05, 0) is 0 Å². The molecule has 1 aromatic carbocycles. The van der Waals surface area contributed by atoms with Crippen molar-refractivity contribution in [2.45, 2.75) is 0 Å². The minimum Gasteiger partial charge on any atom is -0.477 e. The molecule has 1 aromatic heterocycles. The lowest BCUT2D eigenvalue weighted by molar-refractivity contribution is 0.0690. The number of hydrogen-bond donors (Lipinski definition) is 1. The molecule has 2 heterocycles. The molecule has 0 aliphatic carbocycles. The molecule has 0 atom stereocenters. The second kappa shape index (κ2) is 5.88. The van der Waals surface area contributed by atoms with E-state index in [2.05, 4.69) is 9.97 Å². The average molecular weight is 285 g/mol. The summed E-state index contributed by atoms with van der Waals surface area (Å²) in [6.45, 7) is 2.63. The topological polar surface area (TPSA) is 75.5 Å². The molecule has 1 N–H and O–H groups in total. The lowest BCUT2D eigenvalue weighted by Crippen LogP contribution is -2.37. The second-order valence-electron chi connectivity index (χ2n) is 4.71. The number of nitrogens with zero attached hydrogens (tertiary/aromatic N) is 3. The summed E-state index contributed by atoms with van der Waals surface area (Å²) in [5, 5.41) is 9.25. The molecule has 108 valence electrons. The first-order valence-electron chi connectivity index (χ1n) is 6.74. The molecular formula is C15H15N3O3. The summed E-state index contributed by atoms with van der Waals surface area (Å²) >= 11 is 0. The molecular weight excluding hydrogens is 270 g/mol. The van der Waals surface area contributed by atoms with Crippen LogP contribution >= 0.6 is 0 Å². The van der Waals surface area contributed by atoms with Crippen molar-refractivity contribution in [1.29, 1.82) is 0 Å². The third-order valence-corrected chi connectivity index (χ3v) is 3.30. The summed E-state index contributed by atoms with van der Waals surface area (Å²) in [5.74, 6) is 0.00522. The van der Waals surface area contributed by atoms with Gasteiger partial charge in [0, 0.05) is 24.7 Å². The molecule has 0 radical (unpaired) electrons.